The van der Waals surface area contributed by atoms with Crippen LogP contribution in [0.2, 0.25) is 0 Å². The van der Waals surface area contributed by atoms with E-state index in [0.29, 0.717) is 5.95 Å². The maximum atomic E-state index is 10.8. The van der Waals surface area contributed by atoms with Crippen LogP contribution in [0.5, 0.6) is 5.75 Å². The predicted molar refractivity (Wildman–Crippen MR) is 88.3 cm³/mol. The monoisotopic (exact) mass is 317 g/mol. The topological polar surface area (TPSA) is 98.2 Å². The molecule has 124 valence electrons. The van der Waals surface area contributed by atoms with Crippen molar-refractivity contribution in [3.8, 4) is 5.75 Å². The van der Waals surface area contributed by atoms with Crippen molar-refractivity contribution >= 4 is 11.9 Å². The van der Waals surface area contributed by atoms with Crippen molar-refractivity contribution in [2.45, 2.75) is 44.9 Å². The van der Waals surface area contributed by atoms with Crippen molar-refractivity contribution in [3.05, 3.63) is 29.3 Å². The van der Waals surface area contributed by atoms with E-state index in [-0.39, 0.29) is 12.0 Å². The first kappa shape index (κ1) is 15.6. The van der Waals surface area contributed by atoms with Gasteiger partial charge in [-0.05, 0) is 38.0 Å². The number of nitrogens with two attached hydrogens (primary N) is 1. The number of nitrogen functional groups attached to an aromatic ring is 1. The Labute approximate surface area is 135 Å². The number of anilines is 2. The van der Waals surface area contributed by atoms with Crippen molar-refractivity contribution in [1.82, 2.24) is 14.8 Å². The predicted octanol–water partition coefficient (Wildman–Crippen LogP) is 1.64. The standard InChI is InChI=1S/C16H23N5O2/c1-5-9-6-7-11-10(8-9)12(13(22)16(2,3)23-11)18-15-19-14(17)20-21(15)4/h6-8,12-13,22H,5H2,1-4H3,(H3,17,18,19,20). The summed E-state index contributed by atoms with van der Waals surface area (Å²) in [5, 5.41) is 18.1. The number of hydrogen-bond donors (Lipinski definition) is 3. The van der Waals surface area contributed by atoms with E-state index in [1.165, 1.54) is 5.56 Å². The van der Waals surface area contributed by atoms with Crippen LogP contribution >= 0.6 is 0 Å². The summed E-state index contributed by atoms with van der Waals surface area (Å²) < 4.78 is 7.54. The number of ether oxygens (including phenoxy) is 1. The number of aliphatic hydroxyl groups excluding tert-OH is 1. The Bertz CT molecular complexity index is 725. The summed E-state index contributed by atoms with van der Waals surface area (Å²) in [6.07, 6.45) is 0.163. The summed E-state index contributed by atoms with van der Waals surface area (Å²) in [7, 11) is 1.76. The molecule has 0 saturated carbocycles. The zero-order valence-corrected chi connectivity index (χ0v) is 13.9. The van der Waals surface area contributed by atoms with E-state index >= 15 is 0 Å². The van der Waals surface area contributed by atoms with Gasteiger partial charge in [-0.2, -0.15) is 4.98 Å². The van der Waals surface area contributed by atoms with E-state index in [1.54, 1.807) is 11.7 Å². The quantitative estimate of drug-likeness (QED) is 0.796. The molecule has 1 aromatic heterocycles. The maximum absolute atomic E-state index is 10.8. The minimum Gasteiger partial charge on any atom is -0.485 e. The Morgan fingerprint density at radius 1 is 1.43 bits per heavy atom. The largest absolute Gasteiger partial charge is 0.485 e. The van der Waals surface area contributed by atoms with E-state index in [1.807, 2.05) is 26.0 Å². The SMILES string of the molecule is CCc1ccc2c(c1)C(Nc1nc(N)nn1C)C(O)C(C)(C)O2. The third-order valence-corrected chi connectivity index (χ3v) is 4.28. The van der Waals surface area contributed by atoms with Crippen LogP contribution in [0.15, 0.2) is 18.2 Å². The number of benzene rings is 1. The Morgan fingerprint density at radius 3 is 2.78 bits per heavy atom. The van der Waals surface area contributed by atoms with Crippen molar-refractivity contribution in [2.24, 2.45) is 7.05 Å². The summed E-state index contributed by atoms with van der Waals surface area (Å²) in [6.45, 7) is 5.83. The molecule has 0 spiro atoms. The molecular formula is C16H23N5O2. The summed E-state index contributed by atoms with van der Waals surface area (Å²) in [6, 6.07) is 5.71. The first-order valence-electron chi connectivity index (χ1n) is 7.74. The molecule has 0 aliphatic carbocycles. The number of aromatic nitrogens is 3. The number of fused-ring (bicyclic) bond motifs is 1. The average Bonchev–Trinajstić information content (AvgIpc) is 2.81. The minimum atomic E-state index is -0.750. The summed E-state index contributed by atoms with van der Waals surface area (Å²) in [4.78, 5) is 4.17. The fraction of sp³-hybridized carbons (Fsp3) is 0.500. The van der Waals surface area contributed by atoms with Crippen LogP contribution in [0.1, 0.15) is 37.9 Å². The molecular weight excluding hydrogens is 294 g/mol. The Morgan fingerprint density at radius 2 is 2.17 bits per heavy atom. The Hall–Kier alpha value is -2.28. The van der Waals surface area contributed by atoms with E-state index in [2.05, 4.69) is 28.4 Å². The van der Waals surface area contributed by atoms with Crippen LogP contribution in [-0.2, 0) is 13.5 Å². The first-order valence-corrected chi connectivity index (χ1v) is 7.74. The highest BCUT2D eigenvalue weighted by atomic mass is 16.5. The molecule has 0 fully saturated rings. The highest BCUT2D eigenvalue weighted by Gasteiger charge is 2.43. The number of rotatable bonds is 3. The van der Waals surface area contributed by atoms with Gasteiger partial charge in [0.15, 0.2) is 0 Å². The van der Waals surface area contributed by atoms with Crippen LogP contribution in [0, 0.1) is 0 Å². The van der Waals surface area contributed by atoms with Crippen molar-refractivity contribution in [3.63, 3.8) is 0 Å². The zero-order valence-electron chi connectivity index (χ0n) is 13.9. The van der Waals surface area contributed by atoms with E-state index < -0.39 is 11.7 Å². The highest BCUT2D eigenvalue weighted by Crippen LogP contribution is 2.41. The zero-order chi connectivity index (χ0) is 16.8. The molecule has 2 heterocycles. The molecule has 1 aliphatic rings. The lowest BCUT2D eigenvalue weighted by Crippen LogP contribution is -2.51. The molecule has 1 aromatic carbocycles. The third-order valence-electron chi connectivity index (χ3n) is 4.28. The third kappa shape index (κ3) is 2.72. The van der Waals surface area contributed by atoms with Gasteiger partial charge in [-0.1, -0.05) is 13.0 Å². The normalized spacial score (nSPS) is 22.3. The summed E-state index contributed by atoms with van der Waals surface area (Å²) >= 11 is 0. The van der Waals surface area contributed by atoms with Crippen LogP contribution < -0.4 is 15.8 Å². The number of nitrogens with zero attached hydrogens (tertiary/aromatic N) is 3. The summed E-state index contributed by atoms with van der Waals surface area (Å²) in [5.41, 5.74) is 7.02. The summed E-state index contributed by atoms with van der Waals surface area (Å²) in [5.74, 6) is 1.47. The second kappa shape index (κ2) is 5.42. The van der Waals surface area contributed by atoms with E-state index in [9.17, 15) is 5.11 Å². The van der Waals surface area contributed by atoms with Gasteiger partial charge in [0.25, 0.3) is 0 Å². The molecule has 7 nitrogen and oxygen atoms in total. The smallest absolute Gasteiger partial charge is 0.241 e. The molecule has 2 atom stereocenters. The van der Waals surface area contributed by atoms with Crippen molar-refractivity contribution in [1.29, 1.82) is 0 Å². The lowest BCUT2D eigenvalue weighted by atomic mass is 9.86. The molecule has 0 amide bonds. The number of nitrogens with one attached hydrogen (secondary N) is 1. The molecule has 7 heteroatoms. The van der Waals surface area contributed by atoms with E-state index in [0.717, 1.165) is 17.7 Å². The fourth-order valence-electron chi connectivity index (χ4n) is 2.89. The van der Waals surface area contributed by atoms with Gasteiger partial charge in [0.05, 0.1) is 6.04 Å². The van der Waals surface area contributed by atoms with Crippen LogP contribution in [0.25, 0.3) is 0 Å². The number of aryl methyl sites for hydroxylation is 2. The lowest BCUT2D eigenvalue weighted by Gasteiger charge is -2.42. The lowest BCUT2D eigenvalue weighted by molar-refractivity contribution is -0.0534. The first-order chi connectivity index (χ1) is 10.8. The second-order valence-corrected chi connectivity index (χ2v) is 6.42. The Kier molecular flexibility index (Phi) is 3.68. The second-order valence-electron chi connectivity index (χ2n) is 6.42. The molecule has 4 N–H and O–H groups in total. The molecule has 0 bridgehead atoms. The van der Waals surface area contributed by atoms with Gasteiger partial charge in [0.2, 0.25) is 11.9 Å². The van der Waals surface area contributed by atoms with Crippen molar-refractivity contribution in [2.75, 3.05) is 11.1 Å². The van der Waals surface area contributed by atoms with Crippen LogP contribution in [-0.4, -0.2) is 31.6 Å². The molecule has 2 aromatic rings. The highest BCUT2D eigenvalue weighted by molar-refractivity contribution is 5.47. The van der Waals surface area contributed by atoms with Gasteiger partial charge in [-0.3, -0.25) is 0 Å². The van der Waals surface area contributed by atoms with Crippen LogP contribution in [0.3, 0.4) is 0 Å². The van der Waals surface area contributed by atoms with Gasteiger partial charge in [-0.25, -0.2) is 4.68 Å². The van der Waals surface area contributed by atoms with Gasteiger partial charge in [-0.15, -0.1) is 5.10 Å². The van der Waals surface area contributed by atoms with Gasteiger partial charge >= 0.3 is 0 Å². The molecule has 0 radical (unpaired) electrons. The van der Waals surface area contributed by atoms with Gasteiger partial charge < -0.3 is 20.9 Å². The molecule has 2 unspecified atom stereocenters. The maximum Gasteiger partial charge on any atom is 0.241 e. The van der Waals surface area contributed by atoms with Gasteiger partial charge in [0.1, 0.15) is 17.5 Å². The average molecular weight is 317 g/mol. The van der Waals surface area contributed by atoms with E-state index in [4.69, 9.17) is 10.5 Å². The Balaban J connectivity index is 2.04. The van der Waals surface area contributed by atoms with Crippen LogP contribution in [0.4, 0.5) is 11.9 Å². The molecule has 1 aliphatic heterocycles. The molecule has 3 rings (SSSR count). The fourth-order valence-corrected chi connectivity index (χ4v) is 2.89. The minimum absolute atomic E-state index is 0.193. The van der Waals surface area contributed by atoms with Crippen molar-refractivity contribution < 1.29 is 9.84 Å². The van der Waals surface area contributed by atoms with Gasteiger partial charge in [0, 0.05) is 12.6 Å². The number of hydrogen-bond acceptors (Lipinski definition) is 6. The number of aliphatic hydroxyl groups is 1. The molecule has 0 saturated heterocycles. The molecule has 23 heavy (non-hydrogen) atoms.